The van der Waals surface area contributed by atoms with E-state index in [1.165, 1.54) is 15.4 Å². The third-order valence-electron chi connectivity index (χ3n) is 6.75. The molecular formula is C28H41N5S. The Balaban J connectivity index is 1.69. The average molecular weight is 480 g/mol. The van der Waals surface area contributed by atoms with Crippen LogP contribution in [0, 0.1) is 0 Å². The van der Waals surface area contributed by atoms with Crippen LogP contribution >= 0.6 is 11.3 Å². The smallest absolute Gasteiger partial charge is 0.131 e. The molecule has 3 aromatic heterocycles. The molecule has 3 atom stereocenters. The Hall–Kier alpha value is -2.21. The van der Waals surface area contributed by atoms with Gasteiger partial charge < -0.3 is 0 Å². The van der Waals surface area contributed by atoms with E-state index in [1.807, 2.05) is 23.7 Å². The van der Waals surface area contributed by atoms with E-state index in [0.29, 0.717) is 29.6 Å². The molecule has 3 unspecified atom stereocenters. The zero-order chi connectivity index (χ0) is 24.7. The van der Waals surface area contributed by atoms with Crippen LogP contribution in [0.3, 0.4) is 0 Å². The average Bonchev–Trinajstić information content (AvgIpc) is 3.35. The van der Waals surface area contributed by atoms with Crippen molar-refractivity contribution < 1.29 is 0 Å². The lowest BCUT2D eigenvalue weighted by Gasteiger charge is -2.20. The first-order chi connectivity index (χ1) is 16.3. The van der Waals surface area contributed by atoms with E-state index in [0.717, 1.165) is 49.3 Å². The van der Waals surface area contributed by atoms with Crippen LogP contribution < -0.4 is 0 Å². The van der Waals surface area contributed by atoms with Gasteiger partial charge in [-0.2, -0.15) is 10.2 Å². The molecule has 0 saturated carbocycles. The van der Waals surface area contributed by atoms with E-state index in [-0.39, 0.29) is 0 Å². The summed E-state index contributed by atoms with van der Waals surface area (Å²) in [5.74, 6) is 3.10. The van der Waals surface area contributed by atoms with Crippen molar-refractivity contribution in [1.82, 2.24) is 25.1 Å². The Bertz CT molecular complexity index is 994. The third kappa shape index (κ3) is 7.14. The summed E-state index contributed by atoms with van der Waals surface area (Å²) in [6.07, 6.45) is 11.3. The van der Waals surface area contributed by atoms with Crippen LogP contribution in [0.1, 0.15) is 136 Å². The number of thiazole rings is 1. The Morgan fingerprint density at radius 1 is 0.735 bits per heavy atom. The quantitative estimate of drug-likeness (QED) is 0.265. The van der Waals surface area contributed by atoms with Gasteiger partial charge in [0.25, 0.3) is 0 Å². The molecule has 3 aromatic rings. The highest BCUT2D eigenvalue weighted by Gasteiger charge is 2.20. The number of aryl methyl sites for hydroxylation is 1. The zero-order valence-corrected chi connectivity index (χ0v) is 22.8. The summed E-state index contributed by atoms with van der Waals surface area (Å²) in [5, 5.41) is 10.1. The zero-order valence-electron chi connectivity index (χ0n) is 22.0. The SMILES string of the molecule is CCc1ccc(C(C)CCC(CCC(C)c2cnc(C(C)C)s2)c2ncc(C(C)C)cn2)nn1. The van der Waals surface area contributed by atoms with Crippen LogP contribution in [0.15, 0.2) is 30.7 Å². The molecule has 0 fully saturated rings. The molecule has 0 spiro atoms. The lowest BCUT2D eigenvalue weighted by atomic mass is 9.88. The predicted octanol–water partition coefficient (Wildman–Crippen LogP) is 7.78. The molecule has 3 rings (SSSR count). The van der Waals surface area contributed by atoms with Gasteiger partial charge in [-0.25, -0.2) is 15.0 Å². The van der Waals surface area contributed by atoms with Gasteiger partial charge in [-0.05, 0) is 61.6 Å². The summed E-state index contributed by atoms with van der Waals surface area (Å²) >= 11 is 1.86. The summed E-state index contributed by atoms with van der Waals surface area (Å²) in [6, 6.07) is 4.24. The third-order valence-corrected chi connectivity index (χ3v) is 8.28. The van der Waals surface area contributed by atoms with Crippen LogP contribution in [0.5, 0.6) is 0 Å². The first kappa shape index (κ1) is 26.4. The molecule has 0 radical (unpaired) electrons. The number of nitrogens with zero attached hydrogens (tertiary/aromatic N) is 5. The predicted molar refractivity (Wildman–Crippen MR) is 142 cm³/mol. The van der Waals surface area contributed by atoms with Crippen molar-refractivity contribution in [3.63, 3.8) is 0 Å². The number of hydrogen-bond donors (Lipinski definition) is 0. The van der Waals surface area contributed by atoms with Crippen molar-refractivity contribution >= 4 is 11.3 Å². The van der Waals surface area contributed by atoms with Crippen molar-refractivity contribution in [2.24, 2.45) is 0 Å². The Labute approximate surface area is 209 Å². The summed E-state index contributed by atoms with van der Waals surface area (Å²) in [5.41, 5.74) is 3.32. The molecule has 0 aliphatic carbocycles. The fourth-order valence-corrected chi connectivity index (χ4v) is 5.08. The fraction of sp³-hybridized carbons (Fsp3) is 0.607. The summed E-state index contributed by atoms with van der Waals surface area (Å²) in [6.45, 7) is 15.5. The van der Waals surface area contributed by atoms with Gasteiger partial charge in [-0.1, -0.05) is 48.5 Å². The minimum absolute atomic E-state index is 0.339. The van der Waals surface area contributed by atoms with Gasteiger partial charge in [0.1, 0.15) is 5.82 Å². The summed E-state index contributed by atoms with van der Waals surface area (Å²) in [4.78, 5) is 15.6. The molecule has 0 N–H and O–H groups in total. The van der Waals surface area contributed by atoms with Crippen LogP contribution in [0.25, 0.3) is 0 Å². The Morgan fingerprint density at radius 3 is 1.94 bits per heavy atom. The lowest BCUT2D eigenvalue weighted by Crippen LogP contribution is -2.09. The minimum Gasteiger partial charge on any atom is -0.249 e. The highest BCUT2D eigenvalue weighted by Crippen LogP contribution is 2.34. The molecule has 5 nitrogen and oxygen atoms in total. The highest BCUT2D eigenvalue weighted by atomic mass is 32.1. The summed E-state index contributed by atoms with van der Waals surface area (Å²) < 4.78 is 0. The molecule has 34 heavy (non-hydrogen) atoms. The van der Waals surface area contributed by atoms with Crippen molar-refractivity contribution in [2.75, 3.05) is 0 Å². The first-order valence-corrected chi connectivity index (χ1v) is 13.7. The van der Waals surface area contributed by atoms with Crippen molar-refractivity contribution in [3.05, 3.63) is 63.4 Å². The summed E-state index contributed by atoms with van der Waals surface area (Å²) in [7, 11) is 0. The second kappa shape index (κ2) is 12.5. The first-order valence-electron chi connectivity index (χ1n) is 12.9. The van der Waals surface area contributed by atoms with Crippen LogP contribution in [-0.4, -0.2) is 25.1 Å². The van der Waals surface area contributed by atoms with E-state index >= 15 is 0 Å². The lowest BCUT2D eigenvalue weighted by molar-refractivity contribution is 0.466. The van der Waals surface area contributed by atoms with Gasteiger partial charge in [-0.15, -0.1) is 11.3 Å². The molecule has 0 amide bonds. The monoisotopic (exact) mass is 479 g/mol. The van der Waals surface area contributed by atoms with Gasteiger partial charge >= 0.3 is 0 Å². The van der Waals surface area contributed by atoms with Crippen LogP contribution in [0.2, 0.25) is 0 Å². The molecule has 0 aliphatic rings. The molecular weight excluding hydrogens is 438 g/mol. The Kier molecular flexibility index (Phi) is 9.69. The van der Waals surface area contributed by atoms with Gasteiger partial charge in [0.05, 0.1) is 16.4 Å². The standard InChI is InChI=1S/C28H41N5S/c1-8-24-13-14-25(33-32-24)20(6)9-11-22(27-29-15-23(16-30-27)18(2)3)12-10-21(7)26-17-31-28(34-26)19(4)5/h13-22H,8-12H2,1-7H3. The maximum Gasteiger partial charge on any atom is 0.131 e. The van der Waals surface area contributed by atoms with E-state index in [9.17, 15) is 0 Å². The molecule has 6 heteroatoms. The molecule has 184 valence electrons. The van der Waals surface area contributed by atoms with Gasteiger partial charge in [0, 0.05) is 41.2 Å². The molecule has 0 aromatic carbocycles. The second-order valence-corrected chi connectivity index (χ2v) is 11.3. The normalized spacial score (nSPS) is 14.5. The van der Waals surface area contributed by atoms with Crippen LogP contribution in [0.4, 0.5) is 0 Å². The number of aromatic nitrogens is 5. The largest absolute Gasteiger partial charge is 0.249 e. The topological polar surface area (TPSA) is 64.5 Å². The van der Waals surface area contributed by atoms with E-state index in [4.69, 9.17) is 9.97 Å². The highest BCUT2D eigenvalue weighted by molar-refractivity contribution is 7.11. The van der Waals surface area contributed by atoms with E-state index < -0.39 is 0 Å². The number of hydrogen-bond acceptors (Lipinski definition) is 6. The van der Waals surface area contributed by atoms with E-state index in [2.05, 4.69) is 82.0 Å². The van der Waals surface area contributed by atoms with Crippen molar-refractivity contribution in [2.45, 2.75) is 110 Å². The Morgan fingerprint density at radius 2 is 1.41 bits per heavy atom. The maximum atomic E-state index is 4.80. The van der Waals surface area contributed by atoms with Crippen molar-refractivity contribution in [3.8, 4) is 0 Å². The van der Waals surface area contributed by atoms with Gasteiger partial charge in [0.2, 0.25) is 0 Å². The van der Waals surface area contributed by atoms with Gasteiger partial charge in [0.15, 0.2) is 0 Å². The molecule has 0 bridgehead atoms. The second-order valence-electron chi connectivity index (χ2n) is 10.2. The van der Waals surface area contributed by atoms with E-state index in [1.54, 1.807) is 0 Å². The van der Waals surface area contributed by atoms with Gasteiger partial charge in [-0.3, -0.25) is 0 Å². The maximum absolute atomic E-state index is 4.80. The molecule has 3 heterocycles. The molecule has 0 aliphatic heterocycles. The van der Waals surface area contributed by atoms with Crippen LogP contribution in [-0.2, 0) is 6.42 Å². The fourth-order valence-electron chi connectivity index (χ4n) is 4.07. The minimum atomic E-state index is 0.339. The number of rotatable bonds is 12. The van der Waals surface area contributed by atoms with Crippen molar-refractivity contribution in [1.29, 1.82) is 0 Å². The molecule has 0 saturated heterocycles.